The lowest BCUT2D eigenvalue weighted by molar-refractivity contribution is -0.869. The van der Waals surface area contributed by atoms with Crippen LogP contribution in [0.25, 0.3) is 0 Å². The van der Waals surface area contributed by atoms with Gasteiger partial charge in [0.25, 0.3) is 0 Å². The van der Waals surface area contributed by atoms with E-state index in [9.17, 15) is 62.6 Å². The number of nitrogens with zero attached hydrogens (tertiary/aromatic N) is 4. The number of rotatable bonds is 63. The van der Waals surface area contributed by atoms with Gasteiger partial charge in [-0.05, 0) is 155 Å². The van der Waals surface area contributed by atoms with E-state index in [0.29, 0.717) is 127 Å². The number of hydrazone groups is 1. The monoisotopic (exact) mass is 2080 g/mol. The molecule has 5 fully saturated rings. The molecule has 14 N–H and O–H groups in total. The molecule has 148 heavy (non-hydrogen) atoms. The van der Waals surface area contributed by atoms with E-state index in [4.69, 9.17) is 73.4 Å². The molecule has 2 unspecified atom stereocenters. The number of alkyl carbamates (subject to hydrolysis) is 1. The summed E-state index contributed by atoms with van der Waals surface area (Å²) in [6.07, 6.45) is 1.86. The van der Waals surface area contributed by atoms with Crippen LogP contribution in [0.3, 0.4) is 0 Å². The quantitative estimate of drug-likeness (QED) is 0.00989. The number of allylic oxidation sites excluding steroid dienone is 4. The highest BCUT2D eigenvalue weighted by atomic mass is 19.1. The number of ketones is 2. The highest BCUT2D eigenvalue weighted by Crippen LogP contribution is 2.72. The summed E-state index contributed by atoms with van der Waals surface area (Å²) in [4.78, 5) is 168. The highest BCUT2D eigenvalue weighted by molar-refractivity contribution is 6.44. The van der Waals surface area contributed by atoms with Crippen LogP contribution >= 0.6 is 0 Å². The molecule has 0 aromatic heterocycles. The largest absolute Gasteiger partial charge is 0.445 e. The van der Waals surface area contributed by atoms with Gasteiger partial charge in [-0.2, -0.15) is 5.10 Å². The first-order valence-corrected chi connectivity index (χ1v) is 51.8. The summed E-state index contributed by atoms with van der Waals surface area (Å²) in [5, 5.41) is 40.9. The molecule has 816 valence electrons. The summed E-state index contributed by atoms with van der Waals surface area (Å²) in [7, 11) is 6.19. The normalized spacial score (nSPS) is 23.4. The van der Waals surface area contributed by atoms with Gasteiger partial charge in [0.1, 0.15) is 49.3 Å². The number of benzene rings is 3. The highest BCUT2D eigenvalue weighted by Gasteiger charge is 2.80. The third-order valence-electron chi connectivity index (χ3n) is 27.8. The Morgan fingerprint density at radius 1 is 0.642 bits per heavy atom. The summed E-state index contributed by atoms with van der Waals surface area (Å²) in [5.41, 5.74) is 3.14. The van der Waals surface area contributed by atoms with Crippen LogP contribution in [0.5, 0.6) is 0 Å². The molecule has 2 heterocycles. The van der Waals surface area contributed by atoms with E-state index in [1.54, 1.807) is 37.8 Å². The molecule has 14 atom stereocenters. The predicted octanol–water partition coefficient (Wildman–Crippen LogP) is 6.16. The number of nitrogens with one attached hydrogen (secondary N) is 9. The van der Waals surface area contributed by atoms with Gasteiger partial charge >= 0.3 is 12.1 Å². The van der Waals surface area contributed by atoms with E-state index in [1.165, 1.54) is 31.2 Å². The number of aliphatic imine (C=N–C) groups is 1. The molecule has 0 bridgehead atoms. The third kappa shape index (κ3) is 35.0. The number of anilines is 2. The number of para-hydroxylation sites is 1. The SMILES string of the molecule is CCCC1O[C@@H]2C[C@H]3[C@@H]4C[C@H](F)C5=CC(=O)C=C[C@]5(C)[C@@]4(F)[C@@H](O)C[C@]3(C)[C@]2(C(=O)CNC(=O)OCc2ccc(NC(=O)[C@H](CCCNC(N)=O)NC(=O)[C@@H](NC(=O)[C@@H](CCCCNC(=O)COC3CCCCCC(=NCCOCCOCCOCCOCCC(=O)NCC[N+](C)(C)C)/C3=N\N)NC(=O)CCOCCOCCOCCOCCNC(=O)CCC(=O)N3Cc4ccccc4C#Cc4ccccc43)C(C)C)cc2)O1. The summed E-state index contributed by atoms with van der Waals surface area (Å²) >= 11 is 0. The Kier molecular flexibility index (Phi) is 48.1. The average molecular weight is 2080 g/mol. The van der Waals surface area contributed by atoms with Crippen LogP contribution in [-0.2, 0) is 118 Å². The van der Waals surface area contributed by atoms with Crippen molar-refractivity contribution in [3.63, 3.8) is 0 Å². The number of hydrogen-bond acceptors (Lipinski definition) is 28. The van der Waals surface area contributed by atoms with Crippen LogP contribution in [0, 0.1) is 40.4 Å². The van der Waals surface area contributed by atoms with Crippen molar-refractivity contribution in [3.8, 4) is 11.8 Å². The standard InChI is InChI=1S/C106H153F2N15O25/c1-9-20-95-147-89-65-78-79-64-81(107)80-63-77(124)37-40-103(80,4)105(79,108)87(125)66-104(78,5)106(89,148-95)88(126)67-116-102(136)146-69-72-29-33-76(34-30-72)117-98(132)84(26-19-42-115-101(109)135)119-100(134)96(71(2)3)120-99(133)83(118-92(129)39-48-138-52-56-142-60-62-144-58-54-140-50-45-114-90(127)35-36-94(131)122-68-75-23-14-13-21-73(75)31-32-74-22-15-16-27-85(74)122)25-17-18-41-112-93(130)70-145-86-28-12-10-11-24-82(97(86)121-110)111-44-49-139-53-57-143-61-59-141-55-51-137-47-38-91(128)113-43-46-123(6,7)8/h13-16,21-23,27,29-30,33-34,37,40,63,71,78-79,81,83-84,86-87,89,95-96,125H,9-12,17-20,24-26,28,35-36,38-39,41-62,64-70H2,1-8H3,(H12-,109,110,111,112,113,114,115,116,117,118,119,120,127,128,129,130,132,133,134,135,136)/p+1/t78-,79-,81-,83+,84-,86?,87-,89+,95?,96-,103-,104-,105-,106+/m0/s1. The predicted molar refractivity (Wildman–Crippen MR) is 545 cm³/mol. The van der Waals surface area contributed by atoms with E-state index in [2.05, 4.69) is 85.9 Å². The lowest BCUT2D eigenvalue weighted by Gasteiger charge is -2.63. The number of Topliss-reactive ketones (excluding diaryl/α,β-unsaturated/α-hetero) is 1. The number of halogens is 2. The van der Waals surface area contributed by atoms with Crippen molar-refractivity contribution in [2.75, 3.05) is 189 Å². The summed E-state index contributed by atoms with van der Waals surface area (Å²) in [5.74, 6) is 5.13. The number of nitrogens with two attached hydrogens (primary N) is 2. The minimum atomic E-state index is -2.42. The molecule has 11 amide bonds. The maximum absolute atomic E-state index is 18.1. The van der Waals surface area contributed by atoms with Gasteiger partial charge in [0, 0.05) is 78.9 Å². The van der Waals surface area contributed by atoms with Crippen molar-refractivity contribution in [2.24, 2.45) is 50.3 Å². The molecule has 7 aliphatic rings. The number of unbranched alkanes of at least 4 members (excludes halogenated alkanes) is 1. The van der Waals surface area contributed by atoms with Crippen molar-refractivity contribution >= 4 is 93.7 Å². The second-order valence-corrected chi connectivity index (χ2v) is 39.8. The fourth-order valence-corrected chi connectivity index (χ4v) is 19.9. The Bertz CT molecular complexity index is 5090. The van der Waals surface area contributed by atoms with Crippen LogP contribution in [-0.4, -0.2) is 331 Å². The summed E-state index contributed by atoms with van der Waals surface area (Å²) in [6, 6.07) is 16.6. The summed E-state index contributed by atoms with van der Waals surface area (Å²) < 4.78 is 105. The Morgan fingerprint density at radius 2 is 1.25 bits per heavy atom. The zero-order chi connectivity index (χ0) is 107. The van der Waals surface area contributed by atoms with Gasteiger partial charge in [0.05, 0.1) is 183 Å². The first-order chi connectivity index (χ1) is 71.1. The number of carbonyl (C=O) groups is 12. The Morgan fingerprint density at radius 3 is 1.92 bits per heavy atom. The average Bonchev–Trinajstić information content (AvgIpc) is 1.45. The number of aliphatic hydroxyl groups is 1. The number of quaternary nitrogens is 1. The van der Waals surface area contributed by atoms with Crippen molar-refractivity contribution < 1.29 is 133 Å². The molecular formula is C106H154F2N15O25+. The molecule has 1 saturated heterocycles. The fraction of sp³-hybridized carbons (Fsp3) is 0.642. The van der Waals surface area contributed by atoms with Gasteiger partial charge < -0.3 is 131 Å². The van der Waals surface area contributed by atoms with Crippen LogP contribution < -0.4 is 64.3 Å². The Labute approximate surface area is 865 Å². The molecule has 42 heteroatoms. The molecule has 4 saturated carbocycles. The van der Waals surface area contributed by atoms with Crippen molar-refractivity contribution in [1.82, 2.24) is 42.5 Å². The fourth-order valence-electron chi connectivity index (χ4n) is 19.9. The van der Waals surface area contributed by atoms with Gasteiger partial charge in [0.15, 0.2) is 29.1 Å². The lowest BCUT2D eigenvalue weighted by Crippen LogP contribution is -2.71. The van der Waals surface area contributed by atoms with Gasteiger partial charge in [-0.25, -0.2) is 18.4 Å². The molecule has 3 aromatic rings. The number of urea groups is 1. The third-order valence-corrected chi connectivity index (χ3v) is 27.8. The molecule has 10 rings (SSSR count). The van der Waals surface area contributed by atoms with Crippen LogP contribution in [0.4, 0.5) is 29.7 Å². The van der Waals surface area contributed by atoms with Crippen LogP contribution in [0.2, 0.25) is 0 Å². The summed E-state index contributed by atoms with van der Waals surface area (Å²) in [6.45, 7) is 13.9. The minimum Gasteiger partial charge on any atom is -0.445 e. The number of fused-ring (bicyclic) bond motifs is 9. The minimum absolute atomic E-state index is 0.00293. The van der Waals surface area contributed by atoms with Crippen molar-refractivity contribution in [2.45, 2.75) is 230 Å². The topological polar surface area (TPSA) is 524 Å². The number of aliphatic hydroxyl groups excluding tert-OH is 1. The molecular weight excluding hydrogens is 1920 g/mol. The molecule has 0 radical (unpaired) electrons. The number of ether oxygens (including phenoxy) is 12. The van der Waals surface area contributed by atoms with E-state index in [-0.39, 0.29) is 185 Å². The first kappa shape index (κ1) is 119. The first-order valence-electron chi connectivity index (χ1n) is 51.8. The van der Waals surface area contributed by atoms with Crippen LogP contribution in [0.1, 0.15) is 179 Å². The zero-order valence-electron chi connectivity index (χ0n) is 86.8. The Balaban J connectivity index is 0.668. The number of alkyl halides is 2. The van der Waals surface area contributed by atoms with Gasteiger partial charge in [-0.15, -0.1) is 0 Å². The van der Waals surface area contributed by atoms with E-state index < -0.39 is 149 Å². The number of likely N-dealkylation sites (N-methyl/N-ethyl adjacent to an activating group) is 1. The molecule has 40 nitrogen and oxygen atoms in total. The second-order valence-electron chi connectivity index (χ2n) is 39.8. The van der Waals surface area contributed by atoms with E-state index in [0.717, 1.165) is 53.1 Å². The van der Waals surface area contributed by atoms with Crippen LogP contribution in [0.15, 0.2) is 107 Å². The number of primary amides is 1. The zero-order valence-corrected chi connectivity index (χ0v) is 86.8. The molecule has 0 spiro atoms. The molecule has 5 aliphatic carbocycles. The number of amides is 11. The van der Waals surface area contributed by atoms with Crippen molar-refractivity contribution in [3.05, 3.63) is 119 Å². The van der Waals surface area contributed by atoms with Gasteiger partial charge in [-0.1, -0.05) is 107 Å². The van der Waals surface area contributed by atoms with Gasteiger partial charge in [0.2, 0.25) is 47.3 Å². The van der Waals surface area contributed by atoms with E-state index >= 15 is 8.78 Å². The van der Waals surface area contributed by atoms with Gasteiger partial charge in [-0.3, -0.25) is 52.9 Å². The maximum Gasteiger partial charge on any atom is 0.407 e. The molecule has 3 aromatic carbocycles. The second kappa shape index (κ2) is 60.0. The number of carbonyl (C=O) groups excluding carboxylic acids is 12. The van der Waals surface area contributed by atoms with Crippen molar-refractivity contribution in [1.29, 1.82) is 0 Å². The Hall–Kier alpha value is -11.2. The molecule has 2 aliphatic heterocycles. The smallest absolute Gasteiger partial charge is 0.407 e. The van der Waals surface area contributed by atoms with E-state index in [1.807, 2.05) is 55.5 Å². The number of hydrogen-bond donors (Lipinski definition) is 12. The maximum atomic E-state index is 18.1. The lowest BCUT2D eigenvalue weighted by atomic mass is 9.44.